The van der Waals surface area contributed by atoms with Crippen LogP contribution in [0.4, 0.5) is 8.78 Å². The number of ether oxygens (including phenoxy) is 2. The van der Waals surface area contributed by atoms with Crippen molar-refractivity contribution in [3.8, 4) is 5.75 Å². The van der Waals surface area contributed by atoms with Crippen molar-refractivity contribution in [3.63, 3.8) is 0 Å². The molecule has 5 rings (SSSR count). The van der Waals surface area contributed by atoms with Crippen molar-refractivity contribution in [1.29, 1.82) is 0 Å². The van der Waals surface area contributed by atoms with Crippen molar-refractivity contribution in [2.75, 3.05) is 20.8 Å². The molecule has 164 valence electrons. The highest BCUT2D eigenvalue weighted by Gasteiger charge is 2.32. The fourth-order valence-corrected chi connectivity index (χ4v) is 4.23. The van der Waals surface area contributed by atoms with Gasteiger partial charge in [-0.15, -0.1) is 0 Å². The zero-order valence-electron chi connectivity index (χ0n) is 17.3. The molecular formula is C23H19F2N3O4. The minimum Gasteiger partial charge on any atom is -0.497 e. The number of H-pyrrole nitrogens is 2. The third-order valence-electron chi connectivity index (χ3n) is 5.89. The monoisotopic (exact) mass is 439 g/mol. The van der Waals surface area contributed by atoms with Gasteiger partial charge in [0, 0.05) is 35.3 Å². The first-order chi connectivity index (χ1) is 15.4. The number of amides is 1. The molecule has 0 saturated heterocycles. The van der Waals surface area contributed by atoms with Crippen molar-refractivity contribution in [3.05, 3.63) is 75.3 Å². The van der Waals surface area contributed by atoms with Crippen LogP contribution >= 0.6 is 0 Å². The molecule has 0 spiro atoms. The van der Waals surface area contributed by atoms with Gasteiger partial charge in [-0.2, -0.15) is 0 Å². The fraction of sp³-hybridized carbons (Fsp3) is 0.217. The highest BCUT2D eigenvalue weighted by Crippen LogP contribution is 2.34. The van der Waals surface area contributed by atoms with Crippen LogP contribution in [0.1, 0.15) is 27.8 Å². The molecule has 32 heavy (non-hydrogen) atoms. The first-order valence-corrected chi connectivity index (χ1v) is 9.93. The summed E-state index contributed by atoms with van der Waals surface area (Å²) in [4.78, 5) is 33.0. The number of carbonyl (C=O) groups excluding carboxylic acids is 1. The fourth-order valence-electron chi connectivity index (χ4n) is 4.23. The van der Waals surface area contributed by atoms with E-state index in [-0.39, 0.29) is 29.9 Å². The molecule has 2 aromatic carbocycles. The van der Waals surface area contributed by atoms with E-state index >= 15 is 0 Å². The Morgan fingerprint density at radius 2 is 1.88 bits per heavy atom. The van der Waals surface area contributed by atoms with Gasteiger partial charge in [0.1, 0.15) is 11.4 Å². The second-order valence-electron chi connectivity index (χ2n) is 7.74. The Bertz CT molecular complexity index is 1440. The molecular weight excluding hydrogens is 420 g/mol. The molecule has 1 aliphatic heterocycles. The molecule has 3 heterocycles. The van der Waals surface area contributed by atoms with E-state index in [4.69, 9.17) is 9.47 Å². The summed E-state index contributed by atoms with van der Waals surface area (Å²) < 4.78 is 38.7. The largest absolute Gasteiger partial charge is 0.497 e. The third kappa shape index (κ3) is 3.13. The van der Waals surface area contributed by atoms with Gasteiger partial charge in [-0.3, -0.25) is 9.59 Å². The van der Waals surface area contributed by atoms with E-state index in [0.29, 0.717) is 22.7 Å². The van der Waals surface area contributed by atoms with Gasteiger partial charge in [-0.05, 0) is 35.7 Å². The smallest absolute Gasteiger partial charge is 0.270 e. The summed E-state index contributed by atoms with van der Waals surface area (Å²) >= 11 is 0. The molecule has 9 heteroatoms. The molecule has 2 N–H and O–H groups in total. The summed E-state index contributed by atoms with van der Waals surface area (Å²) in [5.74, 6) is -1.83. The molecule has 1 atom stereocenters. The number of benzene rings is 2. The van der Waals surface area contributed by atoms with Crippen molar-refractivity contribution in [1.82, 2.24) is 14.9 Å². The van der Waals surface area contributed by atoms with E-state index in [1.54, 1.807) is 32.4 Å². The van der Waals surface area contributed by atoms with Gasteiger partial charge in [0.15, 0.2) is 11.6 Å². The Balaban J connectivity index is 1.59. The first-order valence-electron chi connectivity index (χ1n) is 9.93. The maximum atomic E-state index is 14.1. The number of rotatable bonds is 3. The number of likely N-dealkylation sites (N-methyl/N-ethyl adjacent to an activating group) is 1. The lowest BCUT2D eigenvalue weighted by Crippen LogP contribution is -2.37. The number of hydrogen-bond acceptors (Lipinski definition) is 4. The Hall–Kier alpha value is -3.72. The van der Waals surface area contributed by atoms with Crippen molar-refractivity contribution in [2.45, 2.75) is 12.6 Å². The van der Waals surface area contributed by atoms with E-state index < -0.39 is 23.2 Å². The Morgan fingerprint density at radius 3 is 2.62 bits per heavy atom. The third-order valence-corrected chi connectivity index (χ3v) is 5.89. The molecule has 0 aliphatic carbocycles. The lowest BCUT2D eigenvalue weighted by molar-refractivity contribution is 0.0333. The molecule has 7 nitrogen and oxygen atoms in total. The Morgan fingerprint density at radius 1 is 1.12 bits per heavy atom. The molecule has 1 amide bonds. The molecule has 2 aromatic heterocycles. The van der Waals surface area contributed by atoms with Crippen LogP contribution < -0.4 is 10.3 Å². The molecule has 0 fully saturated rings. The maximum absolute atomic E-state index is 14.1. The summed E-state index contributed by atoms with van der Waals surface area (Å²) in [6.07, 6.45) is 0. The van der Waals surface area contributed by atoms with Crippen LogP contribution in [0.3, 0.4) is 0 Å². The van der Waals surface area contributed by atoms with Gasteiger partial charge >= 0.3 is 0 Å². The normalized spacial score (nSPS) is 15.7. The first kappa shape index (κ1) is 20.2. The summed E-state index contributed by atoms with van der Waals surface area (Å²) in [5.41, 5.74) is 1.53. The quantitative estimate of drug-likeness (QED) is 0.510. The van der Waals surface area contributed by atoms with Gasteiger partial charge in [0.25, 0.3) is 11.5 Å². The molecule has 4 aromatic rings. The summed E-state index contributed by atoms with van der Waals surface area (Å²) in [7, 11) is 3.17. The number of nitrogens with one attached hydrogen (secondary N) is 2. The van der Waals surface area contributed by atoms with E-state index in [0.717, 1.165) is 23.0 Å². The standard InChI is InChI=1S/C23H19F2N3O4/c1-28(23(30)18-5-11-3-4-12(31-2)6-17(11)26-18)20-10-32-9-19-21(20)13-7-15(24)16(25)8-14(13)22(29)27-19/h3-8,20,26H,9-10H2,1-2H3,(H,27,29). The van der Waals surface area contributed by atoms with Crippen LogP contribution in [0.5, 0.6) is 5.75 Å². The van der Waals surface area contributed by atoms with Crippen molar-refractivity contribution in [2.24, 2.45) is 0 Å². The SMILES string of the molecule is COc1ccc2cc(C(=O)N(C)C3COCc4[nH]c(=O)c5cc(F)c(F)cc5c43)[nH]c2c1. The van der Waals surface area contributed by atoms with Crippen LogP contribution in [0.15, 0.2) is 41.2 Å². The Labute approximate surface area is 180 Å². The number of pyridine rings is 1. The number of methoxy groups -OCH3 is 1. The summed E-state index contributed by atoms with van der Waals surface area (Å²) in [5, 5.41) is 1.13. The van der Waals surface area contributed by atoms with Crippen LogP contribution in [-0.2, 0) is 11.3 Å². The van der Waals surface area contributed by atoms with Crippen LogP contribution in [0, 0.1) is 11.6 Å². The van der Waals surface area contributed by atoms with E-state index in [1.807, 2.05) is 6.07 Å². The predicted octanol–water partition coefficient (Wildman–Crippen LogP) is 3.64. The number of carbonyl (C=O) groups is 1. The second kappa shape index (κ2) is 7.45. The van der Waals surface area contributed by atoms with E-state index in [9.17, 15) is 18.4 Å². The maximum Gasteiger partial charge on any atom is 0.270 e. The average molecular weight is 439 g/mol. The summed E-state index contributed by atoms with van der Waals surface area (Å²) in [6.45, 7) is 0.244. The van der Waals surface area contributed by atoms with Crippen LogP contribution in [-0.4, -0.2) is 41.5 Å². The Kier molecular flexibility index (Phi) is 4.70. The second-order valence-corrected chi connectivity index (χ2v) is 7.74. The van der Waals surface area contributed by atoms with Gasteiger partial charge < -0.3 is 24.3 Å². The highest BCUT2D eigenvalue weighted by atomic mass is 19.2. The van der Waals surface area contributed by atoms with Gasteiger partial charge in [-0.25, -0.2) is 8.78 Å². The van der Waals surface area contributed by atoms with Crippen LogP contribution in [0.25, 0.3) is 21.7 Å². The minimum atomic E-state index is -1.11. The lowest BCUT2D eigenvalue weighted by Gasteiger charge is -2.33. The minimum absolute atomic E-state index is 0.0214. The number of halogens is 2. The highest BCUT2D eigenvalue weighted by molar-refractivity contribution is 5.98. The van der Waals surface area contributed by atoms with Gasteiger partial charge in [0.2, 0.25) is 0 Å². The predicted molar refractivity (Wildman–Crippen MR) is 114 cm³/mol. The molecule has 0 radical (unpaired) electrons. The summed E-state index contributed by atoms with van der Waals surface area (Å²) in [6, 6.07) is 8.44. The topological polar surface area (TPSA) is 87.4 Å². The van der Waals surface area contributed by atoms with Gasteiger partial charge in [0.05, 0.1) is 31.8 Å². The number of hydrogen-bond donors (Lipinski definition) is 2. The van der Waals surface area contributed by atoms with Crippen molar-refractivity contribution >= 4 is 27.6 Å². The molecule has 0 saturated carbocycles. The van der Waals surface area contributed by atoms with E-state index in [1.165, 1.54) is 4.90 Å². The zero-order valence-corrected chi connectivity index (χ0v) is 17.3. The van der Waals surface area contributed by atoms with Gasteiger partial charge in [-0.1, -0.05) is 0 Å². The van der Waals surface area contributed by atoms with E-state index in [2.05, 4.69) is 9.97 Å². The molecule has 1 unspecified atom stereocenters. The molecule has 1 aliphatic rings. The number of nitrogens with zero attached hydrogens (tertiary/aromatic N) is 1. The van der Waals surface area contributed by atoms with Crippen molar-refractivity contribution < 1.29 is 23.0 Å². The number of aromatic nitrogens is 2. The lowest BCUT2D eigenvalue weighted by atomic mass is 9.95. The average Bonchev–Trinajstić information content (AvgIpc) is 3.22. The number of fused-ring (bicyclic) bond motifs is 4. The molecule has 0 bridgehead atoms. The number of aromatic amines is 2. The van der Waals surface area contributed by atoms with Crippen LogP contribution in [0.2, 0.25) is 0 Å². The zero-order chi connectivity index (χ0) is 22.6.